The first-order valence-corrected chi connectivity index (χ1v) is 11.5. The largest absolute Gasteiger partial charge is 0.493 e. The average Bonchev–Trinajstić information content (AvgIpc) is 2.96. The quantitative estimate of drug-likeness (QED) is 0.460. The maximum atomic E-state index is 13.3. The van der Waals surface area contributed by atoms with Crippen molar-refractivity contribution < 1.29 is 28.5 Å². The second-order valence-electron chi connectivity index (χ2n) is 8.06. The first kappa shape index (κ1) is 25.9. The molecule has 3 aromatic carbocycles. The molecule has 0 aromatic heterocycles. The summed E-state index contributed by atoms with van der Waals surface area (Å²) in [6.07, 6.45) is 0. The number of allylic oxidation sites excluding steroid dienone is 1. The fourth-order valence-electron chi connectivity index (χ4n) is 4.31. The van der Waals surface area contributed by atoms with Crippen molar-refractivity contribution in [2.45, 2.75) is 5.92 Å². The average molecular weight is 512 g/mol. The van der Waals surface area contributed by atoms with Gasteiger partial charge in [-0.15, -0.1) is 0 Å². The highest BCUT2D eigenvalue weighted by Gasteiger charge is 2.43. The van der Waals surface area contributed by atoms with Gasteiger partial charge in [0.2, 0.25) is 0 Å². The Bertz CT molecular complexity index is 1470. The summed E-state index contributed by atoms with van der Waals surface area (Å²) in [4.78, 5) is 27.9. The second kappa shape index (κ2) is 11.2. The van der Waals surface area contributed by atoms with Gasteiger partial charge in [-0.25, -0.2) is 9.59 Å². The Morgan fingerprint density at radius 2 is 1.39 bits per heavy atom. The van der Waals surface area contributed by atoms with E-state index in [-0.39, 0.29) is 34.1 Å². The molecule has 1 aliphatic heterocycles. The third-order valence-corrected chi connectivity index (χ3v) is 6.01. The minimum atomic E-state index is -0.971. The Morgan fingerprint density at radius 1 is 0.816 bits per heavy atom. The van der Waals surface area contributed by atoms with Gasteiger partial charge in [-0.05, 0) is 29.8 Å². The molecule has 2 N–H and O–H groups in total. The Balaban J connectivity index is 2.01. The van der Waals surface area contributed by atoms with Crippen LogP contribution in [0.2, 0.25) is 0 Å². The number of carbonyl (C=O) groups is 2. The first-order valence-electron chi connectivity index (χ1n) is 11.5. The van der Waals surface area contributed by atoms with E-state index in [0.717, 1.165) is 0 Å². The van der Waals surface area contributed by atoms with E-state index in [1.807, 2.05) is 0 Å². The molecule has 1 aliphatic rings. The molecular weight excluding hydrogens is 486 g/mol. The predicted molar refractivity (Wildman–Crippen MR) is 139 cm³/mol. The fourth-order valence-corrected chi connectivity index (χ4v) is 4.31. The SMILES string of the molecule is COC(=O)C1=C(C(=O)OC)N(c2ccccc2Oc2ccccc2OC)C(N)=C(C#N)C1c1ccccc1. The normalized spacial score (nSPS) is 15.0. The number of nitrogens with zero attached hydrogens (tertiary/aromatic N) is 2. The van der Waals surface area contributed by atoms with Crippen molar-refractivity contribution >= 4 is 17.6 Å². The predicted octanol–water partition coefficient (Wildman–Crippen LogP) is 4.39. The first-order chi connectivity index (χ1) is 18.5. The van der Waals surface area contributed by atoms with E-state index in [1.165, 1.54) is 26.2 Å². The lowest BCUT2D eigenvalue weighted by Crippen LogP contribution is -2.40. The molecule has 0 amide bonds. The van der Waals surface area contributed by atoms with Gasteiger partial charge in [-0.1, -0.05) is 54.6 Å². The van der Waals surface area contributed by atoms with E-state index < -0.39 is 17.9 Å². The molecule has 1 unspecified atom stereocenters. The maximum Gasteiger partial charge on any atom is 0.355 e. The van der Waals surface area contributed by atoms with Crippen LogP contribution in [-0.4, -0.2) is 33.3 Å². The summed E-state index contributed by atoms with van der Waals surface area (Å²) in [5.74, 6) is -1.54. The lowest BCUT2D eigenvalue weighted by molar-refractivity contribution is -0.139. The molecule has 9 heteroatoms. The molecule has 0 spiro atoms. The van der Waals surface area contributed by atoms with Crippen molar-refractivity contribution in [1.29, 1.82) is 5.26 Å². The zero-order chi connectivity index (χ0) is 27.2. The molecule has 192 valence electrons. The van der Waals surface area contributed by atoms with Crippen LogP contribution in [0.5, 0.6) is 17.2 Å². The number of nitriles is 1. The second-order valence-corrected chi connectivity index (χ2v) is 8.06. The Hall–Kier alpha value is -5.23. The third-order valence-electron chi connectivity index (χ3n) is 6.01. The van der Waals surface area contributed by atoms with E-state index in [0.29, 0.717) is 17.1 Å². The molecule has 0 saturated heterocycles. The fraction of sp³-hybridized carbons (Fsp3) is 0.138. The molecule has 38 heavy (non-hydrogen) atoms. The van der Waals surface area contributed by atoms with Gasteiger partial charge in [0, 0.05) is 0 Å². The zero-order valence-corrected chi connectivity index (χ0v) is 21.0. The van der Waals surface area contributed by atoms with Crippen molar-refractivity contribution in [3.8, 4) is 23.3 Å². The summed E-state index contributed by atoms with van der Waals surface area (Å²) in [6, 6.07) is 24.7. The molecular formula is C29H25N3O6. The van der Waals surface area contributed by atoms with Gasteiger partial charge in [0.1, 0.15) is 11.5 Å². The van der Waals surface area contributed by atoms with Crippen LogP contribution in [-0.2, 0) is 19.1 Å². The van der Waals surface area contributed by atoms with Crippen molar-refractivity contribution in [3.63, 3.8) is 0 Å². The lowest BCUT2D eigenvalue weighted by atomic mass is 9.81. The number of para-hydroxylation sites is 4. The highest BCUT2D eigenvalue weighted by molar-refractivity contribution is 6.06. The number of benzene rings is 3. The van der Waals surface area contributed by atoms with E-state index >= 15 is 0 Å². The highest BCUT2D eigenvalue weighted by Crippen LogP contribution is 2.46. The van der Waals surface area contributed by atoms with Gasteiger partial charge in [0.05, 0.1) is 50.2 Å². The molecule has 9 nitrogen and oxygen atoms in total. The van der Waals surface area contributed by atoms with Gasteiger partial charge in [-0.2, -0.15) is 5.26 Å². The highest BCUT2D eigenvalue weighted by atomic mass is 16.5. The van der Waals surface area contributed by atoms with Gasteiger partial charge in [0.15, 0.2) is 17.2 Å². The molecule has 1 heterocycles. The summed E-state index contributed by atoms with van der Waals surface area (Å²) < 4.78 is 21.8. The van der Waals surface area contributed by atoms with Crippen molar-refractivity contribution in [3.05, 3.63) is 107 Å². The smallest absolute Gasteiger partial charge is 0.355 e. The van der Waals surface area contributed by atoms with Gasteiger partial charge in [-0.3, -0.25) is 4.90 Å². The van der Waals surface area contributed by atoms with Gasteiger partial charge >= 0.3 is 11.9 Å². The zero-order valence-electron chi connectivity index (χ0n) is 21.0. The maximum absolute atomic E-state index is 13.3. The van der Waals surface area contributed by atoms with Gasteiger partial charge < -0.3 is 24.7 Å². The molecule has 0 bridgehead atoms. The Morgan fingerprint density at radius 3 is 2.00 bits per heavy atom. The minimum Gasteiger partial charge on any atom is -0.493 e. The number of ether oxygens (including phenoxy) is 4. The molecule has 0 saturated carbocycles. The lowest BCUT2D eigenvalue weighted by Gasteiger charge is -2.36. The molecule has 0 aliphatic carbocycles. The number of nitrogens with two attached hydrogens (primary N) is 1. The topological polar surface area (TPSA) is 124 Å². The van der Waals surface area contributed by atoms with Crippen LogP contribution in [0.15, 0.2) is 102 Å². The number of methoxy groups -OCH3 is 3. The minimum absolute atomic E-state index is 0.0522. The number of rotatable bonds is 7. The summed E-state index contributed by atoms with van der Waals surface area (Å²) >= 11 is 0. The molecule has 0 radical (unpaired) electrons. The monoisotopic (exact) mass is 511 g/mol. The summed E-state index contributed by atoms with van der Waals surface area (Å²) in [5, 5.41) is 10.2. The standard InChI is InChI=1S/C29H25N3O6/c1-35-22-15-9-10-16-23(22)38-21-14-8-7-13-20(21)32-26(29(34)37-3)25(28(33)36-2)24(19(17-30)27(32)31)18-11-5-4-6-12-18/h4-16,24H,31H2,1-3H3. The Kier molecular flexibility index (Phi) is 7.63. The Labute approximate surface area is 219 Å². The number of esters is 2. The van der Waals surface area contributed by atoms with E-state index in [2.05, 4.69) is 6.07 Å². The van der Waals surface area contributed by atoms with E-state index in [4.69, 9.17) is 24.7 Å². The summed E-state index contributed by atoms with van der Waals surface area (Å²) in [7, 11) is 3.91. The molecule has 1 atom stereocenters. The van der Waals surface area contributed by atoms with Crippen LogP contribution in [0.4, 0.5) is 5.69 Å². The van der Waals surface area contributed by atoms with E-state index in [1.54, 1.807) is 78.9 Å². The van der Waals surface area contributed by atoms with Crippen LogP contribution in [0.25, 0.3) is 0 Å². The van der Waals surface area contributed by atoms with Crippen LogP contribution >= 0.6 is 0 Å². The van der Waals surface area contributed by atoms with E-state index in [9.17, 15) is 14.9 Å². The number of hydrogen-bond donors (Lipinski definition) is 1. The van der Waals surface area contributed by atoms with Gasteiger partial charge in [0.25, 0.3) is 0 Å². The number of hydrogen-bond acceptors (Lipinski definition) is 9. The molecule has 0 fully saturated rings. The van der Waals surface area contributed by atoms with Crippen molar-refractivity contribution in [2.24, 2.45) is 5.73 Å². The van der Waals surface area contributed by atoms with Crippen LogP contribution in [0.1, 0.15) is 11.5 Å². The molecule has 4 rings (SSSR count). The van der Waals surface area contributed by atoms with Crippen molar-refractivity contribution in [2.75, 3.05) is 26.2 Å². The van der Waals surface area contributed by atoms with Crippen LogP contribution in [0.3, 0.4) is 0 Å². The molecule has 3 aromatic rings. The van der Waals surface area contributed by atoms with Crippen LogP contribution in [0, 0.1) is 11.3 Å². The van der Waals surface area contributed by atoms with Crippen molar-refractivity contribution in [1.82, 2.24) is 0 Å². The number of carbonyl (C=O) groups excluding carboxylic acids is 2. The third kappa shape index (κ3) is 4.63. The number of anilines is 1. The summed E-state index contributed by atoms with van der Waals surface area (Å²) in [6.45, 7) is 0. The van der Waals surface area contributed by atoms with Crippen LogP contribution < -0.4 is 20.1 Å². The summed E-state index contributed by atoms with van der Waals surface area (Å²) in [5.41, 5.74) is 7.24.